The van der Waals surface area contributed by atoms with Crippen LogP contribution in [0.3, 0.4) is 0 Å². The third-order valence-corrected chi connectivity index (χ3v) is 25.1. The molecule has 0 spiro atoms. The molecule has 676 valence electrons. The van der Waals surface area contributed by atoms with Gasteiger partial charge in [0.15, 0.2) is 0 Å². The van der Waals surface area contributed by atoms with E-state index in [4.69, 9.17) is 0 Å². The fourth-order valence-electron chi connectivity index (χ4n) is 16.8. The molecule has 122 heavy (non-hydrogen) atoms. The summed E-state index contributed by atoms with van der Waals surface area (Å²) >= 11 is 0. The van der Waals surface area contributed by atoms with Crippen LogP contribution in [-0.2, 0) is 37.9 Å². The largest absolute Gasteiger partial charge is 0.352 e. The van der Waals surface area contributed by atoms with Crippen LogP contribution in [0.1, 0.15) is 472 Å². The third-order valence-electron chi connectivity index (χ3n) is 25.1. The molecule has 11 nitrogen and oxygen atoms in total. The van der Waals surface area contributed by atoms with Crippen LogP contribution >= 0.6 is 0 Å². The lowest BCUT2D eigenvalue weighted by molar-refractivity contribution is 0.0720. The highest BCUT2D eigenvalue weighted by Crippen LogP contribution is 2.51. The van der Waals surface area contributed by atoms with E-state index < -0.39 is 0 Å². The molecule has 0 aromatic heterocycles. The number of nitrogens with one attached hydrogen (secondary N) is 3. The maximum atomic E-state index is 12.9. The Morgan fingerprint density at radius 1 is 0.402 bits per heavy atom. The van der Waals surface area contributed by atoms with E-state index >= 15 is 0 Å². The van der Waals surface area contributed by atoms with Gasteiger partial charge in [-0.05, 0) is 228 Å². The summed E-state index contributed by atoms with van der Waals surface area (Å²) in [5, 5.41) is 9.33. The Hall–Kier alpha value is -7.79. The van der Waals surface area contributed by atoms with Crippen LogP contribution in [0.15, 0.2) is 115 Å². The van der Waals surface area contributed by atoms with Crippen molar-refractivity contribution in [3.63, 3.8) is 0 Å². The Labute approximate surface area is 745 Å². The van der Waals surface area contributed by atoms with E-state index in [1.165, 1.54) is 119 Å². The van der Waals surface area contributed by atoms with Crippen LogP contribution in [0.4, 0.5) is 5.69 Å². The third kappa shape index (κ3) is 29.4. The monoisotopic (exact) mass is 1670 g/mol. The molecule has 2 aliphatic heterocycles. The Kier molecular flexibility index (Phi) is 38.1. The Balaban J connectivity index is 0.000000261. The van der Waals surface area contributed by atoms with Gasteiger partial charge < -0.3 is 30.7 Å². The minimum atomic E-state index is -0.0254. The minimum Gasteiger partial charge on any atom is -0.352 e. The second-order valence-corrected chi connectivity index (χ2v) is 44.5. The van der Waals surface area contributed by atoms with Gasteiger partial charge in [-0.3, -0.25) is 24.0 Å². The molecule has 2 heterocycles. The average Bonchev–Trinajstić information content (AvgIpc) is 1.57. The lowest BCUT2D eigenvalue weighted by atomic mass is 9.77. The number of rotatable bonds is 15. The molecule has 5 amide bonds. The predicted octanol–water partition coefficient (Wildman–Crippen LogP) is 28.3. The molecule has 6 aromatic carbocycles. The highest BCUT2D eigenvalue weighted by Gasteiger charge is 2.41. The quantitative estimate of drug-likeness (QED) is 0.0939. The average molecular weight is 1670 g/mol. The molecule has 0 unspecified atom stereocenters. The van der Waals surface area contributed by atoms with E-state index in [9.17, 15) is 24.0 Å². The molecule has 0 radical (unpaired) electrons. The van der Waals surface area contributed by atoms with Crippen molar-refractivity contribution in [3.05, 3.63) is 216 Å². The number of amides is 5. The van der Waals surface area contributed by atoms with Crippen LogP contribution in [0.25, 0.3) is 0 Å². The van der Waals surface area contributed by atoms with Gasteiger partial charge >= 0.3 is 0 Å². The number of allylic oxidation sites excluding steroid dienone is 1. The van der Waals surface area contributed by atoms with E-state index in [-0.39, 0.29) is 67.4 Å². The number of hydrogen-bond donors (Lipinski definition) is 3. The number of benzene rings is 6. The van der Waals surface area contributed by atoms with Gasteiger partial charge in [-0.2, -0.15) is 0 Å². The number of nitrogens with zero attached hydrogens (tertiary/aromatic N) is 3. The van der Waals surface area contributed by atoms with E-state index in [2.05, 4.69) is 329 Å². The number of anilines is 1. The van der Waals surface area contributed by atoms with Crippen LogP contribution in [0.2, 0.25) is 0 Å². The van der Waals surface area contributed by atoms with Gasteiger partial charge in [0.25, 0.3) is 29.5 Å². The molecule has 2 aliphatic carbocycles. The van der Waals surface area contributed by atoms with Gasteiger partial charge in [-0.15, -0.1) is 0 Å². The lowest BCUT2D eigenvalue weighted by Gasteiger charge is -2.30. The minimum absolute atomic E-state index is 0.00825. The van der Waals surface area contributed by atoms with Crippen molar-refractivity contribution >= 4 is 35.2 Å². The topological polar surface area (TPSA) is 131 Å². The smallest absolute Gasteiger partial charge is 0.254 e. The fraction of sp³-hybridized carbons (Fsp3) is 0.613. The standard InChI is InChI=1S/C21H33NO.C20H31NO.C19H29NO.C19H29N.2C16H25NO/c1-15(2)17-11-12-18(19(13-17)21(3,4)5)20(23)22-14-16-9-7-6-8-10-16;1-14(2)15-11-12-17(18(13-15)20(3,4)5)19(22)21-16-9-7-6-8-10-16;1-14(2)15-9-10-16(17(13-15)19(3,4)5)18(21)20-11-7-6-8-12-20;1-12(2)14-10-15(18(4,5)6)17-16(11-14)19(7,8)13(3)20(17)9;1-11(2)12-8-9-13(15(18)17(6)7)14(10-12)16(3,4)5;1-7-17-15(18)13-9-8-12(11(2)3)10-14(13)16(4,5)6/h11-13,15-16H,6-10,14H2,1-5H3,(H,22,23);11-14,16H,6-10H2,1-5H3,(H,21,22);9-10,13-14H,6-8,11-12H2,1-5H3;10-12H,3H2,1-2,4-9H3;8-11H,1-7H3;8-11H,7H2,1-6H3,(H,17,18). The first-order valence-corrected chi connectivity index (χ1v) is 47.0. The number of fused-ring (bicyclic) bond motifs is 1. The lowest BCUT2D eigenvalue weighted by Crippen LogP contribution is -2.37. The van der Waals surface area contributed by atoms with Crippen LogP contribution in [0.5, 0.6) is 0 Å². The SMILES string of the molecule is C=C1N(C)c2c(C(C)(C)C)cc(C(C)C)cc2C1(C)C.CC(C)c1ccc(C(=O)N(C)C)c(C(C)(C)C)c1.CC(C)c1ccc(C(=O)N2CCCCC2)c(C(C)(C)C)c1.CC(C)c1ccc(C(=O)NC2CCCCC2)c(C(C)(C)C)c1.CC(C)c1ccc(C(=O)NCC2CCCCC2)c(C(C)(C)C)c1.CCNC(=O)c1ccc(C(C)C)cc1C(C)(C)C. The van der Waals surface area contributed by atoms with Gasteiger partial charge in [-0.25, -0.2) is 0 Å². The molecular formula is C111H172N6O5. The Bertz CT molecular complexity index is 4440. The molecule has 1 saturated heterocycles. The zero-order valence-electron chi connectivity index (χ0n) is 84.0. The second kappa shape index (κ2) is 44.4. The van der Waals surface area contributed by atoms with Gasteiger partial charge in [0.1, 0.15) is 0 Å². The first-order valence-electron chi connectivity index (χ1n) is 47.0. The van der Waals surface area contributed by atoms with E-state index in [1.54, 1.807) is 19.0 Å². The summed E-state index contributed by atoms with van der Waals surface area (Å²) in [6.45, 7) is 80.1. The predicted molar refractivity (Wildman–Crippen MR) is 525 cm³/mol. The summed E-state index contributed by atoms with van der Waals surface area (Å²) in [5.74, 6) is 4.16. The molecule has 0 bridgehead atoms. The molecule has 2 saturated carbocycles. The number of carbonyl (C=O) groups excluding carboxylic acids is 5. The van der Waals surface area contributed by atoms with Crippen molar-refractivity contribution < 1.29 is 24.0 Å². The van der Waals surface area contributed by atoms with Gasteiger partial charge in [0.05, 0.1) is 0 Å². The maximum absolute atomic E-state index is 12.9. The maximum Gasteiger partial charge on any atom is 0.254 e. The summed E-state index contributed by atoms with van der Waals surface area (Å²) in [4.78, 5) is 68.6. The Morgan fingerprint density at radius 2 is 0.705 bits per heavy atom. The summed E-state index contributed by atoms with van der Waals surface area (Å²) in [6, 6.07) is 36.7. The highest BCUT2D eigenvalue weighted by molar-refractivity contribution is 5.99. The number of hydrogen-bond acceptors (Lipinski definition) is 6. The Morgan fingerprint density at radius 3 is 1.05 bits per heavy atom. The first kappa shape index (κ1) is 105. The molecule has 11 heteroatoms. The normalized spacial score (nSPS) is 15.4. The second-order valence-electron chi connectivity index (χ2n) is 44.5. The molecular weight excluding hydrogens is 1500 g/mol. The zero-order valence-corrected chi connectivity index (χ0v) is 84.0. The summed E-state index contributed by atoms with van der Waals surface area (Å²) in [7, 11) is 5.75. The zero-order chi connectivity index (χ0) is 92.4. The molecule has 10 rings (SSSR count). The van der Waals surface area contributed by atoms with Gasteiger partial charge in [-0.1, -0.05) is 339 Å². The first-order chi connectivity index (χ1) is 56.3. The molecule has 4 aliphatic rings. The van der Waals surface area contributed by atoms with E-state index in [0.29, 0.717) is 54.0 Å². The highest BCUT2D eigenvalue weighted by atomic mass is 16.2. The molecule has 3 N–H and O–H groups in total. The number of carbonyl (C=O) groups is 5. The van der Waals surface area contributed by atoms with Gasteiger partial charge in [0.2, 0.25) is 0 Å². The number of likely N-dealkylation sites (tertiary alicyclic amines) is 1. The van der Waals surface area contributed by atoms with Crippen molar-refractivity contribution in [2.45, 2.75) is 391 Å². The van der Waals surface area contributed by atoms with Crippen molar-refractivity contribution in [2.75, 3.05) is 52.2 Å². The molecule has 6 aromatic rings. The van der Waals surface area contributed by atoms with Crippen molar-refractivity contribution in [3.8, 4) is 0 Å². The van der Waals surface area contributed by atoms with Crippen molar-refractivity contribution in [2.24, 2.45) is 5.92 Å². The summed E-state index contributed by atoms with van der Waals surface area (Å²) < 4.78 is 0. The van der Waals surface area contributed by atoms with E-state index in [0.717, 1.165) is 95.4 Å². The van der Waals surface area contributed by atoms with Crippen LogP contribution in [0, 0.1) is 5.92 Å². The molecule has 0 atom stereocenters. The van der Waals surface area contributed by atoms with Crippen molar-refractivity contribution in [1.82, 2.24) is 25.8 Å². The van der Waals surface area contributed by atoms with E-state index in [1.807, 2.05) is 42.2 Å². The number of likely N-dealkylation sites (N-methyl/N-ethyl adjacent to an activating group) is 1. The summed E-state index contributed by atoms with van der Waals surface area (Å²) in [6.07, 6.45) is 16.1. The van der Waals surface area contributed by atoms with Gasteiger partial charge in [0, 0.05) is 98.0 Å². The number of piperidine rings is 1. The van der Waals surface area contributed by atoms with Crippen LogP contribution < -0.4 is 20.9 Å². The molecule has 3 fully saturated rings. The van der Waals surface area contributed by atoms with Crippen LogP contribution in [-0.4, -0.2) is 92.7 Å². The summed E-state index contributed by atoms with van der Waals surface area (Å²) in [5.41, 5.74) is 23.4. The van der Waals surface area contributed by atoms with Crippen molar-refractivity contribution in [1.29, 1.82) is 0 Å². The fourth-order valence-corrected chi connectivity index (χ4v) is 16.8.